The van der Waals surface area contributed by atoms with Gasteiger partial charge in [0.15, 0.2) is 0 Å². The molecule has 2 N–H and O–H groups in total. The van der Waals surface area contributed by atoms with Crippen molar-refractivity contribution in [1.29, 1.82) is 0 Å². The van der Waals surface area contributed by atoms with Gasteiger partial charge >= 0.3 is 0 Å². The molecule has 0 saturated carbocycles. The molecule has 0 aliphatic rings. The molecule has 0 radical (unpaired) electrons. The highest BCUT2D eigenvalue weighted by molar-refractivity contribution is 5.85. The fourth-order valence-corrected chi connectivity index (χ4v) is 2.25. The predicted molar refractivity (Wildman–Crippen MR) is 91.9 cm³/mol. The highest BCUT2D eigenvalue weighted by atomic mass is 35.5. The van der Waals surface area contributed by atoms with E-state index in [9.17, 15) is 4.79 Å². The summed E-state index contributed by atoms with van der Waals surface area (Å²) in [5, 5.41) is 6.09. The third-order valence-corrected chi connectivity index (χ3v) is 3.44. The van der Waals surface area contributed by atoms with Crippen LogP contribution in [0.2, 0.25) is 0 Å². The second-order valence-corrected chi connectivity index (χ2v) is 6.03. The van der Waals surface area contributed by atoms with Gasteiger partial charge in [-0.25, -0.2) is 0 Å². The summed E-state index contributed by atoms with van der Waals surface area (Å²) in [5.74, 6) is 0.751. The molecule has 0 aliphatic heterocycles. The van der Waals surface area contributed by atoms with Crippen molar-refractivity contribution in [3.8, 4) is 0 Å². The summed E-state index contributed by atoms with van der Waals surface area (Å²) in [5.41, 5.74) is 2.51. The van der Waals surface area contributed by atoms with Crippen LogP contribution in [0.3, 0.4) is 0 Å². The summed E-state index contributed by atoms with van der Waals surface area (Å²) < 4.78 is 0. The number of amides is 1. The van der Waals surface area contributed by atoms with Crippen LogP contribution in [0.5, 0.6) is 0 Å². The quantitative estimate of drug-likeness (QED) is 0.811. The van der Waals surface area contributed by atoms with Gasteiger partial charge in [0.1, 0.15) is 0 Å². The van der Waals surface area contributed by atoms with Crippen LogP contribution in [-0.4, -0.2) is 19.5 Å². The molecule has 0 aromatic heterocycles. The molecule has 1 amide bonds. The van der Waals surface area contributed by atoms with E-state index in [2.05, 4.69) is 48.7 Å². The van der Waals surface area contributed by atoms with E-state index in [1.165, 1.54) is 5.56 Å². The molecule has 3 nitrogen and oxygen atoms in total. The van der Waals surface area contributed by atoms with Gasteiger partial charge in [-0.05, 0) is 37.4 Å². The van der Waals surface area contributed by atoms with Crippen LogP contribution in [0, 0.1) is 11.8 Å². The molecule has 1 rings (SSSR count). The summed E-state index contributed by atoms with van der Waals surface area (Å²) in [6.45, 7) is 9.11. The Kier molecular flexibility index (Phi) is 9.31. The lowest BCUT2D eigenvalue weighted by Gasteiger charge is -2.18. The van der Waals surface area contributed by atoms with Crippen LogP contribution in [0.4, 0.5) is 0 Å². The number of hydrogen-bond donors (Lipinski definition) is 2. The van der Waals surface area contributed by atoms with Crippen molar-refractivity contribution in [2.45, 2.75) is 40.2 Å². The Hall–Kier alpha value is -1.06. The number of benzene rings is 1. The van der Waals surface area contributed by atoms with E-state index in [0.29, 0.717) is 12.5 Å². The Balaban J connectivity index is 0.00000400. The van der Waals surface area contributed by atoms with E-state index in [4.69, 9.17) is 0 Å². The van der Waals surface area contributed by atoms with Gasteiger partial charge in [0, 0.05) is 12.5 Å². The fraction of sp³-hybridized carbons (Fsp3) is 0.588. The van der Waals surface area contributed by atoms with Crippen LogP contribution in [0.15, 0.2) is 24.3 Å². The average molecular weight is 313 g/mol. The Labute approximate surface area is 135 Å². The molecular weight excluding hydrogens is 284 g/mol. The molecule has 0 aliphatic carbocycles. The molecule has 1 aromatic rings. The molecule has 0 saturated heterocycles. The number of halogens is 1. The maximum atomic E-state index is 12.0. The van der Waals surface area contributed by atoms with Crippen molar-refractivity contribution in [2.75, 3.05) is 13.6 Å². The largest absolute Gasteiger partial charge is 0.349 e. The third-order valence-electron chi connectivity index (χ3n) is 3.44. The fourth-order valence-electron chi connectivity index (χ4n) is 2.25. The maximum absolute atomic E-state index is 12.0. The zero-order valence-corrected chi connectivity index (χ0v) is 14.6. The van der Waals surface area contributed by atoms with Gasteiger partial charge in [-0.2, -0.15) is 0 Å². The van der Waals surface area contributed by atoms with Crippen molar-refractivity contribution in [3.63, 3.8) is 0 Å². The van der Waals surface area contributed by atoms with Crippen molar-refractivity contribution < 1.29 is 4.79 Å². The highest BCUT2D eigenvalue weighted by Crippen LogP contribution is 2.16. The summed E-state index contributed by atoms with van der Waals surface area (Å²) in [7, 11) is 1.86. The van der Waals surface area contributed by atoms with Crippen molar-refractivity contribution >= 4 is 18.3 Å². The summed E-state index contributed by atoms with van der Waals surface area (Å²) in [4.78, 5) is 12.0. The van der Waals surface area contributed by atoms with E-state index >= 15 is 0 Å². The second kappa shape index (κ2) is 9.80. The zero-order chi connectivity index (χ0) is 15.1. The normalized spacial score (nSPS) is 13.4. The molecule has 2 unspecified atom stereocenters. The van der Waals surface area contributed by atoms with Gasteiger partial charge in [-0.15, -0.1) is 12.4 Å². The van der Waals surface area contributed by atoms with Gasteiger partial charge in [0.05, 0.1) is 6.04 Å². The minimum absolute atomic E-state index is 0. The lowest BCUT2D eigenvalue weighted by Crippen LogP contribution is -2.35. The minimum Gasteiger partial charge on any atom is -0.349 e. The van der Waals surface area contributed by atoms with Crippen molar-refractivity contribution in [2.24, 2.45) is 11.8 Å². The number of hydrogen-bond acceptors (Lipinski definition) is 2. The lowest BCUT2D eigenvalue weighted by atomic mass is 9.99. The molecule has 0 heterocycles. The Morgan fingerprint density at radius 2 is 1.67 bits per heavy atom. The van der Waals surface area contributed by atoms with Crippen molar-refractivity contribution in [3.05, 3.63) is 35.4 Å². The van der Waals surface area contributed by atoms with Crippen LogP contribution >= 0.6 is 12.4 Å². The first-order valence-corrected chi connectivity index (χ1v) is 7.47. The van der Waals surface area contributed by atoms with E-state index in [1.807, 2.05) is 20.9 Å². The van der Waals surface area contributed by atoms with E-state index in [-0.39, 0.29) is 30.3 Å². The Bertz CT molecular complexity index is 417. The smallest absolute Gasteiger partial charge is 0.224 e. The van der Waals surface area contributed by atoms with Gasteiger partial charge < -0.3 is 10.6 Å². The Morgan fingerprint density at radius 3 is 2.14 bits per heavy atom. The topological polar surface area (TPSA) is 41.1 Å². The first-order chi connectivity index (χ1) is 9.43. The molecule has 120 valence electrons. The van der Waals surface area contributed by atoms with E-state index in [1.54, 1.807) is 0 Å². The summed E-state index contributed by atoms with van der Waals surface area (Å²) >= 11 is 0. The SMILES string of the molecule is CNCC(C)C(=O)NC(C)c1ccc(CC(C)C)cc1.Cl. The maximum Gasteiger partial charge on any atom is 0.224 e. The van der Waals surface area contributed by atoms with Crippen LogP contribution in [-0.2, 0) is 11.2 Å². The van der Waals surface area contributed by atoms with Crippen LogP contribution in [0.25, 0.3) is 0 Å². The first-order valence-electron chi connectivity index (χ1n) is 7.47. The highest BCUT2D eigenvalue weighted by Gasteiger charge is 2.15. The number of carbonyl (C=O) groups excluding carboxylic acids is 1. The molecule has 2 atom stereocenters. The standard InChI is InChI=1S/C17H28N2O.ClH/c1-12(2)10-15-6-8-16(9-7-15)14(4)19-17(20)13(3)11-18-5;/h6-9,12-14,18H,10-11H2,1-5H3,(H,19,20);1H. The van der Waals surface area contributed by atoms with E-state index < -0.39 is 0 Å². The monoisotopic (exact) mass is 312 g/mol. The van der Waals surface area contributed by atoms with Crippen molar-refractivity contribution in [1.82, 2.24) is 10.6 Å². The number of carbonyl (C=O) groups is 1. The molecule has 21 heavy (non-hydrogen) atoms. The minimum atomic E-state index is -0.0114. The summed E-state index contributed by atoms with van der Waals surface area (Å²) in [6.07, 6.45) is 1.10. The van der Waals surface area contributed by atoms with Crippen LogP contribution in [0.1, 0.15) is 44.9 Å². The lowest BCUT2D eigenvalue weighted by molar-refractivity contribution is -0.125. The molecule has 0 fully saturated rings. The average Bonchev–Trinajstić information content (AvgIpc) is 2.39. The van der Waals surface area contributed by atoms with Crippen LogP contribution < -0.4 is 10.6 Å². The van der Waals surface area contributed by atoms with Gasteiger partial charge in [0.2, 0.25) is 5.91 Å². The third kappa shape index (κ3) is 6.96. The molecular formula is C17H29ClN2O. The second-order valence-electron chi connectivity index (χ2n) is 6.03. The first kappa shape index (κ1) is 19.9. The van der Waals surface area contributed by atoms with Gasteiger partial charge in [-0.3, -0.25) is 4.79 Å². The number of nitrogens with one attached hydrogen (secondary N) is 2. The van der Waals surface area contributed by atoms with Gasteiger partial charge in [-0.1, -0.05) is 45.0 Å². The van der Waals surface area contributed by atoms with Gasteiger partial charge in [0.25, 0.3) is 0 Å². The molecule has 1 aromatic carbocycles. The molecule has 4 heteroatoms. The van der Waals surface area contributed by atoms with E-state index in [0.717, 1.165) is 12.0 Å². The number of rotatable bonds is 7. The summed E-state index contributed by atoms with van der Waals surface area (Å²) in [6, 6.07) is 8.61. The Morgan fingerprint density at radius 1 is 1.10 bits per heavy atom. The predicted octanol–water partition coefficient (Wildman–Crippen LogP) is 3.34. The molecule has 0 spiro atoms. The molecule has 0 bridgehead atoms. The zero-order valence-electron chi connectivity index (χ0n) is 13.8.